The summed E-state index contributed by atoms with van der Waals surface area (Å²) < 4.78 is 5.40. The Labute approximate surface area is 136 Å². The Kier molecular flexibility index (Phi) is 5.29. The molecule has 0 spiro atoms. The van der Waals surface area contributed by atoms with E-state index in [2.05, 4.69) is 0 Å². The van der Waals surface area contributed by atoms with E-state index in [1.54, 1.807) is 4.90 Å². The molecule has 1 saturated heterocycles. The third kappa shape index (κ3) is 3.20. The number of aryl methyl sites for hydroxylation is 1. The quantitative estimate of drug-likeness (QED) is 0.904. The van der Waals surface area contributed by atoms with E-state index < -0.39 is 5.63 Å². The lowest BCUT2D eigenvalue weighted by molar-refractivity contribution is 0.0702. The van der Waals surface area contributed by atoms with Crippen LogP contribution >= 0.6 is 12.4 Å². The SMILES string of the molecule is Cc1cc(C2CCC2)oc(=O)c1C(=O)N1CCCC(N)C1.Cl. The number of nitrogens with two attached hydrogens (primary N) is 1. The van der Waals surface area contributed by atoms with Gasteiger partial charge < -0.3 is 15.1 Å². The highest BCUT2D eigenvalue weighted by molar-refractivity contribution is 5.95. The van der Waals surface area contributed by atoms with Crippen molar-refractivity contribution in [2.75, 3.05) is 13.1 Å². The van der Waals surface area contributed by atoms with E-state index in [-0.39, 0.29) is 29.9 Å². The lowest BCUT2D eigenvalue weighted by Gasteiger charge is -2.31. The number of rotatable bonds is 2. The molecule has 1 saturated carbocycles. The van der Waals surface area contributed by atoms with Crippen molar-refractivity contribution in [2.24, 2.45) is 5.73 Å². The van der Waals surface area contributed by atoms with Gasteiger partial charge in [-0.15, -0.1) is 12.4 Å². The van der Waals surface area contributed by atoms with Crippen LogP contribution < -0.4 is 11.4 Å². The first-order chi connectivity index (χ1) is 10.1. The average Bonchev–Trinajstić information content (AvgIpc) is 2.35. The van der Waals surface area contributed by atoms with Gasteiger partial charge in [0, 0.05) is 25.0 Å². The van der Waals surface area contributed by atoms with Gasteiger partial charge in [-0.25, -0.2) is 4.79 Å². The minimum Gasteiger partial charge on any atom is -0.427 e. The maximum Gasteiger partial charge on any atom is 0.349 e. The summed E-state index contributed by atoms with van der Waals surface area (Å²) >= 11 is 0. The summed E-state index contributed by atoms with van der Waals surface area (Å²) in [5.41, 5.74) is 6.31. The van der Waals surface area contributed by atoms with Gasteiger partial charge in [0.2, 0.25) is 0 Å². The highest BCUT2D eigenvalue weighted by atomic mass is 35.5. The van der Waals surface area contributed by atoms with Crippen molar-refractivity contribution < 1.29 is 9.21 Å². The molecule has 1 amide bonds. The van der Waals surface area contributed by atoms with Gasteiger partial charge in [-0.3, -0.25) is 4.79 Å². The number of likely N-dealkylation sites (tertiary alicyclic amines) is 1. The normalized spacial score (nSPS) is 21.9. The molecule has 2 aliphatic rings. The van der Waals surface area contributed by atoms with Crippen molar-refractivity contribution >= 4 is 18.3 Å². The molecule has 1 aromatic heterocycles. The maximum atomic E-state index is 12.6. The minimum atomic E-state index is -0.499. The fraction of sp³-hybridized carbons (Fsp3) is 0.625. The van der Waals surface area contributed by atoms with Crippen LogP contribution in [0.25, 0.3) is 0 Å². The van der Waals surface area contributed by atoms with Crippen LogP contribution in [-0.4, -0.2) is 29.9 Å². The van der Waals surface area contributed by atoms with Crippen LogP contribution in [0.2, 0.25) is 0 Å². The molecule has 3 rings (SSSR count). The van der Waals surface area contributed by atoms with Crippen LogP contribution in [-0.2, 0) is 0 Å². The van der Waals surface area contributed by atoms with Gasteiger partial charge in [0.05, 0.1) is 0 Å². The maximum absolute atomic E-state index is 12.6. The zero-order chi connectivity index (χ0) is 15.0. The number of nitrogens with zero attached hydrogens (tertiary/aromatic N) is 1. The second kappa shape index (κ2) is 6.84. The van der Waals surface area contributed by atoms with Crippen molar-refractivity contribution in [3.8, 4) is 0 Å². The Hall–Kier alpha value is -1.33. The molecule has 0 bridgehead atoms. The molecule has 5 nitrogen and oxygen atoms in total. The van der Waals surface area contributed by atoms with Crippen LogP contribution in [0.1, 0.15) is 59.7 Å². The van der Waals surface area contributed by atoms with Crippen molar-refractivity contribution in [2.45, 2.75) is 51.0 Å². The number of halogens is 1. The number of carbonyl (C=O) groups excluding carboxylic acids is 1. The monoisotopic (exact) mass is 326 g/mol. The smallest absolute Gasteiger partial charge is 0.349 e. The average molecular weight is 327 g/mol. The number of piperidine rings is 1. The molecule has 1 unspecified atom stereocenters. The van der Waals surface area contributed by atoms with Gasteiger partial charge in [-0.2, -0.15) is 0 Å². The summed E-state index contributed by atoms with van der Waals surface area (Å²) in [6, 6.07) is 1.87. The van der Waals surface area contributed by atoms with Crippen molar-refractivity contribution in [1.82, 2.24) is 4.90 Å². The van der Waals surface area contributed by atoms with Gasteiger partial charge in [-0.1, -0.05) is 6.42 Å². The molecule has 122 valence electrons. The summed E-state index contributed by atoms with van der Waals surface area (Å²) in [6.45, 7) is 2.99. The number of hydrogen-bond acceptors (Lipinski definition) is 4. The largest absolute Gasteiger partial charge is 0.427 e. The Bertz CT molecular complexity index is 610. The predicted molar refractivity (Wildman–Crippen MR) is 86.7 cm³/mol. The molecule has 2 N–H and O–H groups in total. The van der Waals surface area contributed by atoms with Gasteiger partial charge in [0.15, 0.2) is 0 Å². The number of carbonyl (C=O) groups is 1. The Morgan fingerprint density at radius 2 is 2.05 bits per heavy atom. The van der Waals surface area contributed by atoms with Gasteiger partial charge in [0.1, 0.15) is 11.3 Å². The standard InChI is InChI=1S/C16H22N2O3.ClH/c1-10-8-13(11-4-2-5-11)21-16(20)14(10)15(19)18-7-3-6-12(17)9-18;/h8,11-12H,2-7,9,17H2,1H3;1H. The predicted octanol–water partition coefficient (Wildman–Crippen LogP) is 2.20. The summed E-state index contributed by atoms with van der Waals surface area (Å²) in [5, 5.41) is 0. The minimum absolute atomic E-state index is 0. The van der Waals surface area contributed by atoms with Crippen LogP contribution in [0, 0.1) is 6.92 Å². The number of hydrogen-bond donors (Lipinski definition) is 1. The first-order valence-electron chi connectivity index (χ1n) is 7.75. The molecule has 1 aliphatic heterocycles. The molecule has 0 aromatic carbocycles. The lowest BCUT2D eigenvalue weighted by Crippen LogP contribution is -2.47. The van der Waals surface area contributed by atoms with Gasteiger partial charge in [0.25, 0.3) is 5.91 Å². The van der Waals surface area contributed by atoms with E-state index >= 15 is 0 Å². The third-order valence-electron chi connectivity index (χ3n) is 4.63. The van der Waals surface area contributed by atoms with Crippen molar-refractivity contribution in [3.05, 3.63) is 33.4 Å². The summed E-state index contributed by atoms with van der Waals surface area (Å²) in [4.78, 5) is 26.5. The van der Waals surface area contributed by atoms with E-state index in [1.165, 1.54) is 6.42 Å². The Morgan fingerprint density at radius 3 is 2.59 bits per heavy atom. The molecular formula is C16H23ClN2O3. The molecule has 0 radical (unpaired) electrons. The molecular weight excluding hydrogens is 304 g/mol. The molecule has 1 aliphatic carbocycles. The van der Waals surface area contributed by atoms with Crippen LogP contribution in [0.5, 0.6) is 0 Å². The molecule has 6 heteroatoms. The summed E-state index contributed by atoms with van der Waals surface area (Å²) in [6.07, 6.45) is 5.13. The second-order valence-corrected chi connectivity index (χ2v) is 6.28. The van der Waals surface area contributed by atoms with Crippen LogP contribution in [0.15, 0.2) is 15.3 Å². The van der Waals surface area contributed by atoms with E-state index in [4.69, 9.17) is 10.2 Å². The summed E-state index contributed by atoms with van der Waals surface area (Å²) in [5.74, 6) is 0.844. The molecule has 22 heavy (non-hydrogen) atoms. The highest BCUT2D eigenvalue weighted by Gasteiger charge is 2.28. The van der Waals surface area contributed by atoms with Crippen LogP contribution in [0.4, 0.5) is 0 Å². The van der Waals surface area contributed by atoms with Gasteiger partial charge >= 0.3 is 5.63 Å². The van der Waals surface area contributed by atoms with E-state index in [1.807, 2.05) is 13.0 Å². The third-order valence-corrected chi connectivity index (χ3v) is 4.63. The van der Waals surface area contributed by atoms with E-state index in [0.717, 1.165) is 37.0 Å². The zero-order valence-corrected chi connectivity index (χ0v) is 13.7. The summed E-state index contributed by atoms with van der Waals surface area (Å²) in [7, 11) is 0. The Balaban J connectivity index is 0.00000176. The fourth-order valence-corrected chi connectivity index (χ4v) is 3.14. The zero-order valence-electron chi connectivity index (χ0n) is 12.8. The molecule has 2 heterocycles. The van der Waals surface area contributed by atoms with Crippen LogP contribution in [0.3, 0.4) is 0 Å². The lowest BCUT2D eigenvalue weighted by atomic mass is 9.83. The first kappa shape index (κ1) is 17.0. The Morgan fingerprint density at radius 1 is 1.32 bits per heavy atom. The van der Waals surface area contributed by atoms with Crippen molar-refractivity contribution in [1.29, 1.82) is 0 Å². The van der Waals surface area contributed by atoms with E-state index in [0.29, 0.717) is 19.0 Å². The topological polar surface area (TPSA) is 76.5 Å². The first-order valence-corrected chi connectivity index (χ1v) is 7.75. The van der Waals surface area contributed by atoms with Crippen molar-refractivity contribution in [3.63, 3.8) is 0 Å². The van der Waals surface area contributed by atoms with Gasteiger partial charge in [-0.05, 0) is 44.2 Å². The molecule has 1 aromatic rings. The number of amides is 1. The fourth-order valence-electron chi connectivity index (χ4n) is 3.14. The van der Waals surface area contributed by atoms with E-state index in [9.17, 15) is 9.59 Å². The second-order valence-electron chi connectivity index (χ2n) is 6.28. The molecule has 2 fully saturated rings. The highest BCUT2D eigenvalue weighted by Crippen LogP contribution is 2.36. The molecule has 1 atom stereocenters.